The van der Waals surface area contributed by atoms with Crippen LogP contribution in [0.3, 0.4) is 0 Å². The lowest BCUT2D eigenvalue weighted by molar-refractivity contribution is 0.102. The van der Waals surface area contributed by atoms with E-state index in [1.807, 2.05) is 25.1 Å². The van der Waals surface area contributed by atoms with Gasteiger partial charge < -0.3 is 11.1 Å². The first-order valence-corrected chi connectivity index (χ1v) is 6.97. The average Bonchev–Trinajstić information content (AvgIpc) is 3.08. The number of nitrogens with one attached hydrogen (secondary N) is 2. The van der Waals surface area contributed by atoms with Crippen LogP contribution >= 0.6 is 11.3 Å². The van der Waals surface area contributed by atoms with E-state index in [2.05, 4.69) is 20.5 Å². The summed E-state index contributed by atoms with van der Waals surface area (Å²) in [6.07, 6.45) is 1.71. The van der Waals surface area contributed by atoms with Crippen LogP contribution in [0, 0.1) is 0 Å². The predicted octanol–water partition coefficient (Wildman–Crippen LogP) is 2.29. The monoisotopic (exact) mass is 287 g/mol. The Labute approximate surface area is 119 Å². The molecule has 7 heteroatoms. The number of carbonyl (C=O) groups is 1. The maximum absolute atomic E-state index is 12.2. The van der Waals surface area contributed by atoms with Crippen LogP contribution in [-0.2, 0) is 0 Å². The van der Waals surface area contributed by atoms with Crippen molar-refractivity contribution >= 4 is 33.8 Å². The Bertz CT molecular complexity index is 761. The third-order valence-electron chi connectivity index (χ3n) is 2.87. The molecule has 0 bridgehead atoms. The summed E-state index contributed by atoms with van der Waals surface area (Å²) in [6, 6.07) is 5.43. The second-order valence-electron chi connectivity index (χ2n) is 4.45. The lowest BCUT2D eigenvalue weighted by Gasteiger charge is -2.04. The van der Waals surface area contributed by atoms with Crippen molar-refractivity contribution in [2.75, 3.05) is 5.32 Å². The van der Waals surface area contributed by atoms with Crippen molar-refractivity contribution in [1.29, 1.82) is 0 Å². The Morgan fingerprint density at radius 1 is 1.50 bits per heavy atom. The van der Waals surface area contributed by atoms with E-state index >= 15 is 0 Å². The van der Waals surface area contributed by atoms with Crippen LogP contribution in [0.5, 0.6) is 0 Å². The third kappa shape index (κ3) is 2.28. The van der Waals surface area contributed by atoms with Gasteiger partial charge in [0, 0.05) is 10.8 Å². The molecule has 2 heterocycles. The molecule has 0 aliphatic carbocycles. The molecule has 1 amide bonds. The molecule has 1 unspecified atom stereocenters. The summed E-state index contributed by atoms with van der Waals surface area (Å²) in [7, 11) is 0. The molecule has 4 N–H and O–H groups in total. The molecule has 0 saturated heterocycles. The quantitative estimate of drug-likeness (QED) is 0.688. The molecule has 3 rings (SSSR count). The van der Waals surface area contributed by atoms with Gasteiger partial charge in [-0.25, -0.2) is 4.98 Å². The van der Waals surface area contributed by atoms with Gasteiger partial charge in [0.2, 0.25) is 0 Å². The number of aromatic amines is 1. The molecule has 0 fully saturated rings. The van der Waals surface area contributed by atoms with E-state index in [4.69, 9.17) is 5.73 Å². The largest absolute Gasteiger partial charge is 0.322 e. The average molecular weight is 287 g/mol. The number of nitrogens with two attached hydrogens (primary N) is 1. The highest BCUT2D eigenvalue weighted by atomic mass is 32.1. The fourth-order valence-corrected chi connectivity index (χ4v) is 2.62. The molecular weight excluding hydrogens is 274 g/mol. The van der Waals surface area contributed by atoms with Crippen LogP contribution in [0.1, 0.15) is 28.5 Å². The number of carbonyl (C=O) groups excluding carboxylic acids is 1. The number of benzene rings is 1. The second kappa shape index (κ2) is 5.03. The highest BCUT2D eigenvalue weighted by Crippen LogP contribution is 2.22. The summed E-state index contributed by atoms with van der Waals surface area (Å²) in [6.45, 7) is 1.84. The van der Waals surface area contributed by atoms with Crippen molar-refractivity contribution in [3.8, 4) is 0 Å². The minimum absolute atomic E-state index is 0.169. The Balaban J connectivity index is 1.86. The molecular formula is C13H13N5OS. The van der Waals surface area contributed by atoms with Crippen molar-refractivity contribution < 1.29 is 4.79 Å². The molecule has 0 saturated carbocycles. The number of hydrogen-bond acceptors (Lipinski definition) is 5. The first kappa shape index (κ1) is 12.8. The first-order valence-electron chi connectivity index (χ1n) is 6.09. The van der Waals surface area contributed by atoms with Gasteiger partial charge in [0.1, 0.15) is 10.7 Å². The highest BCUT2D eigenvalue weighted by molar-refractivity contribution is 7.09. The molecule has 102 valence electrons. The zero-order valence-corrected chi connectivity index (χ0v) is 11.6. The number of para-hydroxylation sites is 1. The van der Waals surface area contributed by atoms with Gasteiger partial charge in [-0.1, -0.05) is 12.1 Å². The first-order chi connectivity index (χ1) is 9.65. The fraction of sp³-hybridized carbons (Fsp3) is 0.154. The molecule has 3 aromatic rings. The van der Waals surface area contributed by atoms with Crippen LogP contribution in [0.4, 0.5) is 5.69 Å². The van der Waals surface area contributed by atoms with E-state index in [9.17, 15) is 4.79 Å². The van der Waals surface area contributed by atoms with Gasteiger partial charge in [0.05, 0.1) is 23.4 Å². The van der Waals surface area contributed by atoms with Crippen LogP contribution in [0.25, 0.3) is 10.9 Å². The van der Waals surface area contributed by atoms with Crippen molar-refractivity contribution in [2.45, 2.75) is 13.0 Å². The van der Waals surface area contributed by atoms with Crippen molar-refractivity contribution in [3.05, 3.63) is 40.5 Å². The zero-order valence-electron chi connectivity index (χ0n) is 10.8. The summed E-state index contributed by atoms with van der Waals surface area (Å²) in [4.78, 5) is 16.4. The van der Waals surface area contributed by atoms with Gasteiger partial charge in [-0.2, -0.15) is 5.10 Å². The Hall–Kier alpha value is -2.25. The number of aromatic nitrogens is 3. The SMILES string of the molecule is CC(N)c1nc(C(=O)Nc2cccc3cn[nH]c23)cs1. The molecule has 0 radical (unpaired) electrons. The Morgan fingerprint density at radius 3 is 3.10 bits per heavy atom. The predicted molar refractivity (Wildman–Crippen MR) is 78.8 cm³/mol. The van der Waals surface area contributed by atoms with E-state index in [0.717, 1.165) is 15.9 Å². The number of hydrogen-bond donors (Lipinski definition) is 3. The summed E-state index contributed by atoms with van der Waals surface area (Å²) < 4.78 is 0. The lowest BCUT2D eigenvalue weighted by Crippen LogP contribution is -2.13. The smallest absolute Gasteiger partial charge is 0.275 e. The molecule has 1 aromatic carbocycles. The van der Waals surface area contributed by atoms with Crippen LogP contribution in [0.15, 0.2) is 29.8 Å². The van der Waals surface area contributed by atoms with Crippen molar-refractivity contribution in [1.82, 2.24) is 15.2 Å². The van der Waals surface area contributed by atoms with Crippen LogP contribution in [-0.4, -0.2) is 21.1 Å². The van der Waals surface area contributed by atoms with Gasteiger partial charge in [-0.05, 0) is 13.0 Å². The standard InChI is InChI=1S/C13H13N5OS/c1-7(14)13-17-10(6-20-13)12(19)16-9-4-2-3-8-5-15-18-11(8)9/h2-7H,14H2,1H3,(H,15,18)(H,16,19). The summed E-state index contributed by atoms with van der Waals surface area (Å²) in [5, 5.41) is 13.1. The Morgan fingerprint density at radius 2 is 2.35 bits per heavy atom. The van der Waals surface area contributed by atoms with E-state index in [1.165, 1.54) is 11.3 Å². The minimum Gasteiger partial charge on any atom is -0.322 e. The topological polar surface area (TPSA) is 96.7 Å². The fourth-order valence-electron chi connectivity index (χ4n) is 1.86. The minimum atomic E-state index is -0.254. The maximum atomic E-state index is 12.2. The van der Waals surface area contributed by atoms with Gasteiger partial charge in [-0.15, -0.1) is 11.3 Å². The molecule has 20 heavy (non-hydrogen) atoms. The molecule has 6 nitrogen and oxygen atoms in total. The molecule has 0 aliphatic heterocycles. The highest BCUT2D eigenvalue weighted by Gasteiger charge is 2.14. The zero-order chi connectivity index (χ0) is 14.1. The van der Waals surface area contributed by atoms with Crippen molar-refractivity contribution in [3.63, 3.8) is 0 Å². The van der Waals surface area contributed by atoms with Gasteiger partial charge in [-0.3, -0.25) is 9.89 Å². The number of anilines is 1. The van der Waals surface area contributed by atoms with E-state index in [0.29, 0.717) is 11.4 Å². The van der Waals surface area contributed by atoms with Gasteiger partial charge in [0.15, 0.2) is 0 Å². The van der Waals surface area contributed by atoms with Crippen molar-refractivity contribution in [2.24, 2.45) is 5.73 Å². The number of H-pyrrole nitrogens is 1. The number of nitrogens with zero attached hydrogens (tertiary/aromatic N) is 2. The molecule has 1 atom stereocenters. The Kier molecular flexibility index (Phi) is 3.21. The second-order valence-corrected chi connectivity index (χ2v) is 5.34. The molecule has 0 aliphatic rings. The number of fused-ring (bicyclic) bond motifs is 1. The number of thiazole rings is 1. The summed E-state index contributed by atoms with van der Waals surface area (Å²) in [5.41, 5.74) is 7.59. The van der Waals surface area contributed by atoms with Gasteiger partial charge >= 0.3 is 0 Å². The van der Waals surface area contributed by atoms with E-state index < -0.39 is 0 Å². The van der Waals surface area contributed by atoms with Crippen LogP contribution < -0.4 is 11.1 Å². The summed E-state index contributed by atoms with van der Waals surface area (Å²) in [5.74, 6) is -0.254. The van der Waals surface area contributed by atoms with Gasteiger partial charge in [0.25, 0.3) is 5.91 Å². The van der Waals surface area contributed by atoms with Crippen LogP contribution in [0.2, 0.25) is 0 Å². The molecule has 0 spiro atoms. The lowest BCUT2D eigenvalue weighted by atomic mass is 10.2. The number of rotatable bonds is 3. The van der Waals surface area contributed by atoms with E-state index in [-0.39, 0.29) is 11.9 Å². The number of amides is 1. The molecule has 2 aromatic heterocycles. The maximum Gasteiger partial charge on any atom is 0.275 e. The summed E-state index contributed by atoms with van der Waals surface area (Å²) >= 11 is 1.38. The van der Waals surface area contributed by atoms with E-state index in [1.54, 1.807) is 11.6 Å². The third-order valence-corrected chi connectivity index (χ3v) is 3.91. The normalized spacial score (nSPS) is 12.5.